The number of nitriles is 1. The molecule has 0 atom stereocenters. The molecule has 0 radical (unpaired) electrons. The largest absolute Gasteiger partial charge is 0.417 e. The summed E-state index contributed by atoms with van der Waals surface area (Å²) in [5.74, 6) is -0.307. The zero-order chi connectivity index (χ0) is 27.6. The second-order valence-electron chi connectivity index (χ2n) is 10.3. The van der Waals surface area contributed by atoms with E-state index in [1.54, 1.807) is 13.1 Å². The van der Waals surface area contributed by atoms with Crippen molar-refractivity contribution in [2.45, 2.75) is 57.7 Å². The van der Waals surface area contributed by atoms with Crippen LogP contribution >= 0.6 is 0 Å². The van der Waals surface area contributed by atoms with Gasteiger partial charge in [-0.3, -0.25) is 9.59 Å². The first-order valence-electron chi connectivity index (χ1n) is 12.2. The number of hydrogen-bond acceptors (Lipinski definition) is 4. The van der Waals surface area contributed by atoms with Gasteiger partial charge >= 0.3 is 6.18 Å². The Morgan fingerprint density at radius 2 is 1.65 bits per heavy atom. The maximum atomic E-state index is 13.7. The average molecular weight is 515 g/mol. The van der Waals surface area contributed by atoms with Crippen LogP contribution in [0.2, 0.25) is 0 Å². The SMILES string of the molecule is CNC(=O)C(C)(C)CCc1ccc(N(C)C2(C(=O)N(C)c3ccc(C#N)c(C(F)(F)F)c3)CCC2)cc1. The first-order valence-corrected chi connectivity index (χ1v) is 12.2. The molecule has 0 aliphatic heterocycles. The Hall–Kier alpha value is -3.54. The minimum absolute atomic E-state index is 0.0111. The number of benzene rings is 2. The molecule has 1 aliphatic carbocycles. The van der Waals surface area contributed by atoms with E-state index in [4.69, 9.17) is 5.26 Å². The van der Waals surface area contributed by atoms with Crippen LogP contribution in [0.15, 0.2) is 42.5 Å². The van der Waals surface area contributed by atoms with Gasteiger partial charge < -0.3 is 15.1 Å². The molecule has 0 aromatic heterocycles. The molecule has 0 unspecified atom stereocenters. The van der Waals surface area contributed by atoms with Gasteiger partial charge in [-0.05, 0) is 68.0 Å². The maximum absolute atomic E-state index is 13.7. The third-order valence-corrected chi connectivity index (χ3v) is 7.55. The topological polar surface area (TPSA) is 76.4 Å². The number of likely N-dealkylation sites (N-methyl/N-ethyl adjacent to an activating group) is 2. The van der Waals surface area contributed by atoms with Gasteiger partial charge in [-0.1, -0.05) is 26.0 Å². The van der Waals surface area contributed by atoms with Crippen LogP contribution in [-0.2, 0) is 22.2 Å². The number of anilines is 2. The molecule has 198 valence electrons. The molecular formula is C28H33F3N4O2. The predicted molar refractivity (Wildman–Crippen MR) is 137 cm³/mol. The van der Waals surface area contributed by atoms with E-state index < -0.39 is 28.3 Å². The molecule has 0 bridgehead atoms. The number of nitrogens with zero attached hydrogens (tertiary/aromatic N) is 3. The molecule has 2 aromatic rings. The molecular weight excluding hydrogens is 481 g/mol. The van der Waals surface area contributed by atoms with Gasteiger partial charge in [0.15, 0.2) is 0 Å². The number of alkyl halides is 3. The summed E-state index contributed by atoms with van der Waals surface area (Å²) in [7, 11) is 4.92. The van der Waals surface area contributed by atoms with Crippen LogP contribution in [0.1, 0.15) is 56.2 Å². The Morgan fingerprint density at radius 1 is 1.05 bits per heavy atom. The Balaban J connectivity index is 1.80. The number of nitrogens with one attached hydrogen (secondary N) is 1. The van der Waals surface area contributed by atoms with Crippen LogP contribution in [0.3, 0.4) is 0 Å². The van der Waals surface area contributed by atoms with Gasteiger partial charge in [0.25, 0.3) is 5.91 Å². The molecule has 6 nitrogen and oxygen atoms in total. The summed E-state index contributed by atoms with van der Waals surface area (Å²) in [5.41, 5.74) is -0.919. The van der Waals surface area contributed by atoms with E-state index >= 15 is 0 Å². The molecule has 0 heterocycles. The van der Waals surface area contributed by atoms with Crippen molar-refractivity contribution >= 4 is 23.2 Å². The van der Waals surface area contributed by atoms with Crippen LogP contribution in [-0.4, -0.2) is 38.5 Å². The zero-order valence-electron chi connectivity index (χ0n) is 21.9. The van der Waals surface area contributed by atoms with E-state index in [0.29, 0.717) is 19.3 Å². The fourth-order valence-electron chi connectivity index (χ4n) is 4.75. The minimum Gasteiger partial charge on any atom is -0.360 e. The fourth-order valence-corrected chi connectivity index (χ4v) is 4.75. The molecule has 1 fully saturated rings. The lowest BCUT2D eigenvalue weighted by atomic mass is 9.74. The first kappa shape index (κ1) is 28.0. The van der Waals surface area contributed by atoms with Gasteiger partial charge in [-0.25, -0.2) is 0 Å². The van der Waals surface area contributed by atoms with Gasteiger partial charge in [0.2, 0.25) is 5.91 Å². The normalized spacial score (nSPS) is 14.8. The Morgan fingerprint density at radius 3 is 2.14 bits per heavy atom. The molecule has 0 spiro atoms. The van der Waals surface area contributed by atoms with Crippen molar-refractivity contribution < 1.29 is 22.8 Å². The van der Waals surface area contributed by atoms with Crippen LogP contribution in [0.25, 0.3) is 0 Å². The molecule has 1 N–H and O–H groups in total. The van der Waals surface area contributed by atoms with E-state index in [9.17, 15) is 22.8 Å². The lowest BCUT2D eigenvalue weighted by molar-refractivity contribution is -0.138. The average Bonchev–Trinajstić information content (AvgIpc) is 2.85. The number of amides is 2. The summed E-state index contributed by atoms with van der Waals surface area (Å²) < 4.78 is 40.4. The smallest absolute Gasteiger partial charge is 0.360 e. The van der Waals surface area contributed by atoms with Crippen molar-refractivity contribution in [3.63, 3.8) is 0 Å². The Kier molecular flexibility index (Phi) is 7.91. The monoisotopic (exact) mass is 514 g/mol. The van der Waals surface area contributed by atoms with Crippen molar-refractivity contribution in [2.75, 3.05) is 30.9 Å². The van der Waals surface area contributed by atoms with Gasteiger partial charge in [0, 0.05) is 37.9 Å². The Labute approximate surface area is 216 Å². The lowest BCUT2D eigenvalue weighted by Gasteiger charge is -2.49. The van der Waals surface area contributed by atoms with Crippen molar-refractivity contribution in [1.29, 1.82) is 5.26 Å². The summed E-state index contributed by atoms with van der Waals surface area (Å²) in [6.07, 6.45) is -1.31. The minimum atomic E-state index is -4.70. The third kappa shape index (κ3) is 5.58. The lowest BCUT2D eigenvalue weighted by Crippen LogP contribution is -2.62. The van der Waals surface area contributed by atoms with Crippen LogP contribution < -0.4 is 15.1 Å². The van der Waals surface area contributed by atoms with E-state index in [1.165, 1.54) is 18.0 Å². The highest BCUT2D eigenvalue weighted by Gasteiger charge is 2.49. The van der Waals surface area contributed by atoms with Gasteiger partial charge in [-0.2, -0.15) is 18.4 Å². The molecule has 1 saturated carbocycles. The van der Waals surface area contributed by atoms with Crippen LogP contribution in [0.5, 0.6) is 0 Å². The van der Waals surface area contributed by atoms with Crippen molar-refractivity contribution in [2.24, 2.45) is 5.41 Å². The highest BCUT2D eigenvalue weighted by atomic mass is 19.4. The fraction of sp³-hybridized carbons (Fsp3) is 0.464. The Bertz CT molecular complexity index is 1200. The van der Waals surface area contributed by atoms with Crippen molar-refractivity contribution in [3.8, 4) is 6.07 Å². The van der Waals surface area contributed by atoms with Crippen LogP contribution in [0, 0.1) is 16.7 Å². The first-order chi connectivity index (χ1) is 17.3. The van der Waals surface area contributed by atoms with Crippen LogP contribution in [0.4, 0.5) is 24.5 Å². The number of halogens is 3. The molecule has 2 aromatic carbocycles. The van der Waals surface area contributed by atoms with Crippen molar-refractivity contribution in [1.82, 2.24) is 5.32 Å². The zero-order valence-corrected chi connectivity index (χ0v) is 21.9. The maximum Gasteiger partial charge on any atom is 0.417 e. The van der Waals surface area contributed by atoms with E-state index in [-0.39, 0.29) is 17.5 Å². The van der Waals surface area contributed by atoms with E-state index in [1.807, 2.05) is 50.1 Å². The standard InChI is InChI=1S/C28H33F3N4O2/c1-26(2,24(36)33-3)16-13-19-7-10-21(11-8-19)35(5)27(14-6-15-27)25(37)34(4)22-12-9-20(18-32)23(17-22)28(29,30)31/h7-12,17H,6,13-16H2,1-5H3,(H,33,36). The molecule has 37 heavy (non-hydrogen) atoms. The number of carbonyl (C=O) groups is 2. The quantitative estimate of drug-likeness (QED) is 0.519. The summed E-state index contributed by atoms with van der Waals surface area (Å²) >= 11 is 0. The highest BCUT2D eigenvalue weighted by molar-refractivity contribution is 6.02. The predicted octanol–water partition coefficient (Wildman–Crippen LogP) is 5.30. The second kappa shape index (κ2) is 10.4. The van der Waals surface area contributed by atoms with E-state index in [0.717, 1.165) is 36.2 Å². The van der Waals surface area contributed by atoms with Crippen molar-refractivity contribution in [3.05, 3.63) is 59.2 Å². The number of carbonyl (C=O) groups excluding carboxylic acids is 2. The number of hydrogen-bond donors (Lipinski definition) is 1. The number of rotatable bonds is 8. The highest BCUT2D eigenvalue weighted by Crippen LogP contribution is 2.42. The van der Waals surface area contributed by atoms with Gasteiger partial charge in [-0.15, -0.1) is 0 Å². The molecule has 3 rings (SSSR count). The van der Waals surface area contributed by atoms with Gasteiger partial charge in [0.05, 0.1) is 17.2 Å². The molecule has 2 amide bonds. The van der Waals surface area contributed by atoms with Gasteiger partial charge in [0.1, 0.15) is 5.54 Å². The molecule has 0 saturated heterocycles. The summed E-state index contributed by atoms with van der Waals surface area (Å²) in [6.45, 7) is 3.81. The molecule has 9 heteroatoms. The molecule has 1 aliphatic rings. The summed E-state index contributed by atoms with van der Waals surface area (Å²) in [6, 6.07) is 12.7. The second-order valence-corrected chi connectivity index (χ2v) is 10.3. The summed E-state index contributed by atoms with van der Waals surface area (Å²) in [5, 5.41) is 11.8. The third-order valence-electron chi connectivity index (χ3n) is 7.55. The number of aryl methyl sites for hydroxylation is 1. The van der Waals surface area contributed by atoms with E-state index in [2.05, 4.69) is 5.32 Å². The summed E-state index contributed by atoms with van der Waals surface area (Å²) in [4.78, 5) is 28.9.